The fourth-order valence-corrected chi connectivity index (χ4v) is 2.89. The van der Waals surface area contributed by atoms with E-state index < -0.39 is 0 Å². The van der Waals surface area contributed by atoms with Crippen molar-refractivity contribution in [3.8, 4) is 17.2 Å². The highest BCUT2D eigenvalue weighted by molar-refractivity contribution is 5.84. The second kappa shape index (κ2) is 6.40. The van der Waals surface area contributed by atoms with Gasteiger partial charge in [-0.25, -0.2) is 0 Å². The van der Waals surface area contributed by atoms with Crippen LogP contribution in [0.1, 0.15) is 24.3 Å². The van der Waals surface area contributed by atoms with Crippen molar-refractivity contribution in [2.75, 3.05) is 7.11 Å². The molecule has 0 fully saturated rings. The Morgan fingerprint density at radius 2 is 1.64 bits per heavy atom. The molecule has 4 rings (SSSR count). The number of aromatic nitrogens is 2. The van der Waals surface area contributed by atoms with E-state index >= 15 is 0 Å². The lowest BCUT2D eigenvalue weighted by molar-refractivity contribution is 0.415. The molecule has 0 saturated carbocycles. The van der Waals surface area contributed by atoms with Gasteiger partial charge in [-0.2, -0.15) is 0 Å². The minimum atomic E-state index is 0.0245. The number of hydrogen-bond acceptors (Lipinski definition) is 4. The van der Waals surface area contributed by atoms with Crippen molar-refractivity contribution in [1.29, 1.82) is 0 Å². The van der Waals surface area contributed by atoms with Crippen molar-refractivity contribution in [1.82, 2.24) is 10.2 Å². The number of fused-ring (bicyclic) bond motifs is 1. The number of rotatable bonds is 4. The molecule has 4 heteroatoms. The molecular formula is C21H18N2O2. The van der Waals surface area contributed by atoms with Crippen LogP contribution in [0.3, 0.4) is 0 Å². The predicted octanol–water partition coefficient (Wildman–Crippen LogP) is 5.05. The molecule has 0 saturated heterocycles. The molecule has 1 aromatic heterocycles. The number of methoxy groups -OCH3 is 1. The molecule has 4 aromatic rings. The van der Waals surface area contributed by atoms with E-state index in [0.717, 1.165) is 27.6 Å². The van der Waals surface area contributed by atoms with Gasteiger partial charge in [0.05, 0.1) is 13.0 Å². The summed E-state index contributed by atoms with van der Waals surface area (Å²) < 4.78 is 11.2. The van der Waals surface area contributed by atoms with Crippen molar-refractivity contribution >= 4 is 10.8 Å². The Hall–Kier alpha value is -3.14. The third kappa shape index (κ3) is 2.98. The Kier molecular flexibility index (Phi) is 3.94. The zero-order valence-corrected chi connectivity index (χ0v) is 14.1. The lowest BCUT2D eigenvalue weighted by Gasteiger charge is -2.09. The highest BCUT2D eigenvalue weighted by Crippen LogP contribution is 2.29. The summed E-state index contributed by atoms with van der Waals surface area (Å²) in [5.74, 6) is 2.05. The van der Waals surface area contributed by atoms with E-state index in [1.165, 1.54) is 0 Å². The second-order valence-electron chi connectivity index (χ2n) is 6.01. The maximum Gasteiger partial charge on any atom is 0.247 e. The maximum absolute atomic E-state index is 5.89. The zero-order chi connectivity index (χ0) is 17.2. The van der Waals surface area contributed by atoms with Crippen LogP contribution in [0.25, 0.3) is 22.2 Å². The number of hydrogen-bond donors (Lipinski definition) is 0. The van der Waals surface area contributed by atoms with Gasteiger partial charge in [-0.05, 0) is 47.5 Å². The Balaban J connectivity index is 1.65. The average Bonchev–Trinajstić information content (AvgIpc) is 3.17. The Labute approximate surface area is 146 Å². The summed E-state index contributed by atoms with van der Waals surface area (Å²) in [7, 11) is 1.68. The smallest absolute Gasteiger partial charge is 0.247 e. The van der Waals surface area contributed by atoms with E-state index in [1.54, 1.807) is 7.11 Å². The van der Waals surface area contributed by atoms with E-state index in [4.69, 9.17) is 9.15 Å². The summed E-state index contributed by atoms with van der Waals surface area (Å²) in [4.78, 5) is 0. The van der Waals surface area contributed by atoms with Crippen LogP contribution in [0.5, 0.6) is 5.75 Å². The SMILES string of the molecule is COc1ccc2cc(C(C)c3nnc(-c4ccccc4)o3)ccc2c1. The molecule has 1 atom stereocenters. The standard InChI is InChI=1S/C21H18N2O2/c1-14(20-22-23-21(25-20)15-6-4-3-5-7-15)16-8-9-18-13-19(24-2)11-10-17(18)12-16/h3-14H,1-2H3. The summed E-state index contributed by atoms with van der Waals surface area (Å²) in [5.41, 5.74) is 2.07. The van der Waals surface area contributed by atoms with Crippen molar-refractivity contribution in [2.45, 2.75) is 12.8 Å². The van der Waals surface area contributed by atoms with Crippen LogP contribution in [0.15, 0.2) is 71.1 Å². The van der Waals surface area contributed by atoms with Gasteiger partial charge < -0.3 is 9.15 Å². The molecule has 3 aromatic carbocycles. The van der Waals surface area contributed by atoms with Gasteiger partial charge in [-0.1, -0.05) is 42.5 Å². The van der Waals surface area contributed by atoms with Crippen molar-refractivity contribution < 1.29 is 9.15 Å². The molecule has 124 valence electrons. The van der Waals surface area contributed by atoms with Gasteiger partial charge in [0.2, 0.25) is 11.8 Å². The molecule has 0 aliphatic rings. The number of benzene rings is 3. The first kappa shape index (κ1) is 15.4. The summed E-state index contributed by atoms with van der Waals surface area (Å²) >= 11 is 0. The molecule has 1 heterocycles. The minimum absolute atomic E-state index is 0.0245. The van der Waals surface area contributed by atoms with Crippen LogP contribution in [0, 0.1) is 0 Å². The third-order valence-corrected chi connectivity index (χ3v) is 4.40. The maximum atomic E-state index is 5.89. The van der Waals surface area contributed by atoms with Gasteiger partial charge in [0.1, 0.15) is 5.75 Å². The van der Waals surface area contributed by atoms with Crippen LogP contribution in [0.4, 0.5) is 0 Å². The number of nitrogens with zero attached hydrogens (tertiary/aromatic N) is 2. The lowest BCUT2D eigenvalue weighted by atomic mass is 9.97. The van der Waals surface area contributed by atoms with Crippen LogP contribution >= 0.6 is 0 Å². The summed E-state index contributed by atoms with van der Waals surface area (Å²) in [6, 6.07) is 22.2. The quantitative estimate of drug-likeness (QED) is 0.525. The van der Waals surface area contributed by atoms with Crippen molar-refractivity contribution in [3.63, 3.8) is 0 Å². The first-order chi connectivity index (χ1) is 12.2. The molecule has 25 heavy (non-hydrogen) atoms. The van der Waals surface area contributed by atoms with Gasteiger partial charge in [0.25, 0.3) is 0 Å². The molecule has 0 aliphatic heterocycles. The molecule has 0 aliphatic carbocycles. The molecule has 0 N–H and O–H groups in total. The van der Waals surface area contributed by atoms with Crippen LogP contribution < -0.4 is 4.74 Å². The van der Waals surface area contributed by atoms with Gasteiger partial charge in [-0.15, -0.1) is 10.2 Å². The van der Waals surface area contributed by atoms with E-state index in [2.05, 4.69) is 41.4 Å². The summed E-state index contributed by atoms with van der Waals surface area (Å²) in [6.07, 6.45) is 0. The lowest BCUT2D eigenvalue weighted by Crippen LogP contribution is -1.96. The largest absolute Gasteiger partial charge is 0.497 e. The molecule has 0 radical (unpaired) electrons. The van der Waals surface area contributed by atoms with Crippen LogP contribution in [0.2, 0.25) is 0 Å². The van der Waals surface area contributed by atoms with E-state index in [9.17, 15) is 0 Å². The van der Waals surface area contributed by atoms with Gasteiger partial charge in [0.15, 0.2) is 0 Å². The van der Waals surface area contributed by atoms with Crippen LogP contribution in [-0.2, 0) is 0 Å². The van der Waals surface area contributed by atoms with Crippen LogP contribution in [-0.4, -0.2) is 17.3 Å². The average molecular weight is 330 g/mol. The Morgan fingerprint density at radius 3 is 2.44 bits per heavy atom. The highest BCUT2D eigenvalue weighted by atomic mass is 16.5. The Bertz CT molecular complexity index is 1010. The normalized spacial score (nSPS) is 12.2. The summed E-state index contributed by atoms with van der Waals surface area (Å²) in [6.45, 7) is 2.08. The number of ether oxygens (including phenoxy) is 1. The molecule has 0 amide bonds. The first-order valence-electron chi connectivity index (χ1n) is 8.21. The molecular weight excluding hydrogens is 312 g/mol. The topological polar surface area (TPSA) is 48.2 Å². The fraction of sp³-hybridized carbons (Fsp3) is 0.143. The second-order valence-corrected chi connectivity index (χ2v) is 6.01. The highest BCUT2D eigenvalue weighted by Gasteiger charge is 2.17. The van der Waals surface area contributed by atoms with E-state index in [0.29, 0.717) is 11.8 Å². The zero-order valence-electron chi connectivity index (χ0n) is 14.1. The minimum Gasteiger partial charge on any atom is -0.497 e. The van der Waals surface area contributed by atoms with Gasteiger partial charge in [0, 0.05) is 5.56 Å². The van der Waals surface area contributed by atoms with E-state index in [-0.39, 0.29) is 5.92 Å². The molecule has 0 bridgehead atoms. The molecule has 0 spiro atoms. The van der Waals surface area contributed by atoms with Gasteiger partial charge >= 0.3 is 0 Å². The monoisotopic (exact) mass is 330 g/mol. The molecule has 1 unspecified atom stereocenters. The summed E-state index contributed by atoms with van der Waals surface area (Å²) in [5, 5.41) is 10.7. The van der Waals surface area contributed by atoms with Crippen molar-refractivity contribution in [3.05, 3.63) is 78.2 Å². The first-order valence-corrected chi connectivity index (χ1v) is 8.21. The van der Waals surface area contributed by atoms with Crippen molar-refractivity contribution in [2.24, 2.45) is 0 Å². The van der Waals surface area contributed by atoms with E-state index in [1.807, 2.05) is 42.5 Å². The third-order valence-electron chi connectivity index (χ3n) is 4.40. The molecule has 4 nitrogen and oxygen atoms in total. The fourth-order valence-electron chi connectivity index (χ4n) is 2.89. The van der Waals surface area contributed by atoms with Gasteiger partial charge in [-0.3, -0.25) is 0 Å². The Morgan fingerprint density at radius 1 is 0.880 bits per heavy atom. The predicted molar refractivity (Wildman–Crippen MR) is 97.8 cm³/mol.